The summed E-state index contributed by atoms with van der Waals surface area (Å²) in [6.45, 7) is 11.9. The molecule has 0 saturated carbocycles. The van der Waals surface area contributed by atoms with E-state index in [4.69, 9.17) is 0 Å². The van der Waals surface area contributed by atoms with Crippen molar-refractivity contribution in [2.45, 2.75) is 53.2 Å². The molecule has 0 aliphatic heterocycles. The van der Waals surface area contributed by atoms with E-state index in [-0.39, 0.29) is 0 Å². The molecule has 1 atom stereocenters. The van der Waals surface area contributed by atoms with Crippen LogP contribution in [0.3, 0.4) is 0 Å². The van der Waals surface area contributed by atoms with Gasteiger partial charge in [-0.1, -0.05) is 32.0 Å². The zero-order valence-corrected chi connectivity index (χ0v) is 12.4. The average molecular weight is 249 g/mol. The van der Waals surface area contributed by atoms with Crippen molar-refractivity contribution in [1.29, 1.82) is 0 Å². The van der Waals surface area contributed by atoms with Crippen LogP contribution < -0.4 is 5.32 Å². The van der Waals surface area contributed by atoms with Gasteiger partial charge in [0.1, 0.15) is 0 Å². The number of hydrogen-bond donors (Lipinski definition) is 2. The molecular weight excluding hydrogens is 222 g/mol. The Hall–Kier alpha value is -0.860. The monoisotopic (exact) mass is 249 g/mol. The molecule has 0 aliphatic carbocycles. The lowest BCUT2D eigenvalue weighted by molar-refractivity contribution is 0.0383. The van der Waals surface area contributed by atoms with Crippen LogP contribution in [0.25, 0.3) is 0 Å². The highest BCUT2D eigenvalue weighted by Gasteiger charge is 2.21. The number of aliphatic hydroxyl groups is 1. The van der Waals surface area contributed by atoms with Crippen LogP contribution in [0.15, 0.2) is 18.2 Å². The molecule has 0 radical (unpaired) electrons. The van der Waals surface area contributed by atoms with E-state index >= 15 is 0 Å². The molecule has 0 spiro atoms. The van der Waals surface area contributed by atoms with Gasteiger partial charge in [0.2, 0.25) is 0 Å². The van der Waals surface area contributed by atoms with Crippen molar-refractivity contribution < 1.29 is 5.11 Å². The third kappa shape index (κ3) is 4.79. The molecule has 1 aromatic carbocycles. The fourth-order valence-electron chi connectivity index (χ4n) is 2.42. The quantitative estimate of drug-likeness (QED) is 0.811. The zero-order valence-electron chi connectivity index (χ0n) is 12.4. The van der Waals surface area contributed by atoms with Crippen molar-refractivity contribution in [2.75, 3.05) is 6.54 Å². The van der Waals surface area contributed by atoms with E-state index in [1.807, 2.05) is 6.92 Å². The Labute approximate surface area is 111 Å². The molecule has 2 heteroatoms. The summed E-state index contributed by atoms with van der Waals surface area (Å²) in [5.41, 5.74) is 3.36. The fourth-order valence-corrected chi connectivity index (χ4v) is 2.42. The predicted octanol–water partition coefficient (Wildman–Crippen LogP) is 3.19. The molecule has 1 rings (SSSR count). The minimum Gasteiger partial charge on any atom is -0.389 e. The molecule has 1 unspecified atom stereocenters. The lowest BCUT2D eigenvalue weighted by Gasteiger charge is -2.26. The van der Waals surface area contributed by atoms with Gasteiger partial charge < -0.3 is 10.4 Å². The zero-order chi connectivity index (χ0) is 13.8. The number of rotatable bonds is 6. The minimum absolute atomic E-state index is 0.516. The lowest BCUT2D eigenvalue weighted by Crippen LogP contribution is -2.38. The molecule has 2 N–H and O–H groups in total. The van der Waals surface area contributed by atoms with Gasteiger partial charge in [-0.15, -0.1) is 0 Å². The summed E-state index contributed by atoms with van der Waals surface area (Å²) >= 11 is 0. The van der Waals surface area contributed by atoms with Crippen molar-refractivity contribution in [2.24, 2.45) is 5.92 Å². The molecule has 0 fully saturated rings. The van der Waals surface area contributed by atoms with Crippen LogP contribution in [0.4, 0.5) is 0 Å². The second kappa shape index (κ2) is 6.35. The summed E-state index contributed by atoms with van der Waals surface area (Å²) in [7, 11) is 0. The second-order valence-corrected chi connectivity index (χ2v) is 6.06. The van der Waals surface area contributed by atoms with Gasteiger partial charge in [0.05, 0.1) is 5.60 Å². The first-order valence-corrected chi connectivity index (χ1v) is 6.80. The first kappa shape index (κ1) is 15.2. The molecule has 0 aromatic heterocycles. The Bertz CT molecular complexity index is 383. The van der Waals surface area contributed by atoms with Crippen LogP contribution >= 0.6 is 0 Å². The van der Waals surface area contributed by atoms with E-state index in [2.05, 4.69) is 51.2 Å². The third-order valence-corrected chi connectivity index (χ3v) is 3.39. The van der Waals surface area contributed by atoms with Crippen molar-refractivity contribution in [3.05, 3.63) is 34.9 Å². The van der Waals surface area contributed by atoms with Gasteiger partial charge in [0, 0.05) is 13.1 Å². The van der Waals surface area contributed by atoms with Gasteiger partial charge in [-0.2, -0.15) is 0 Å². The molecule has 0 heterocycles. The first-order chi connectivity index (χ1) is 8.32. The van der Waals surface area contributed by atoms with Crippen molar-refractivity contribution in [1.82, 2.24) is 5.32 Å². The van der Waals surface area contributed by atoms with Gasteiger partial charge in [0.15, 0.2) is 0 Å². The molecule has 102 valence electrons. The summed E-state index contributed by atoms with van der Waals surface area (Å²) in [5.74, 6) is 0.516. The normalized spacial score (nSPS) is 14.8. The summed E-state index contributed by atoms with van der Waals surface area (Å²) < 4.78 is 0. The van der Waals surface area contributed by atoms with Gasteiger partial charge in [-0.05, 0) is 49.8 Å². The summed E-state index contributed by atoms with van der Waals surface area (Å²) in [6, 6.07) is 6.37. The number of benzene rings is 1. The van der Waals surface area contributed by atoms with Crippen LogP contribution in [0.5, 0.6) is 0 Å². The van der Waals surface area contributed by atoms with Crippen LogP contribution in [-0.4, -0.2) is 17.3 Å². The highest BCUT2D eigenvalue weighted by Crippen LogP contribution is 2.16. The van der Waals surface area contributed by atoms with Gasteiger partial charge in [0.25, 0.3) is 0 Å². The van der Waals surface area contributed by atoms with Gasteiger partial charge in [-0.3, -0.25) is 0 Å². The third-order valence-electron chi connectivity index (χ3n) is 3.39. The van der Waals surface area contributed by atoms with Gasteiger partial charge >= 0.3 is 0 Å². The maximum absolute atomic E-state index is 10.2. The minimum atomic E-state index is -0.619. The van der Waals surface area contributed by atoms with E-state index in [0.717, 1.165) is 13.0 Å². The van der Waals surface area contributed by atoms with Crippen LogP contribution in [-0.2, 0) is 6.54 Å². The molecule has 0 aliphatic rings. The van der Waals surface area contributed by atoms with Crippen LogP contribution in [0.2, 0.25) is 0 Å². The Kier molecular flexibility index (Phi) is 5.36. The highest BCUT2D eigenvalue weighted by molar-refractivity contribution is 5.32. The smallest absolute Gasteiger partial charge is 0.0746 e. The first-order valence-electron chi connectivity index (χ1n) is 6.80. The highest BCUT2D eigenvalue weighted by atomic mass is 16.3. The Morgan fingerprint density at radius 1 is 1.28 bits per heavy atom. The summed E-state index contributed by atoms with van der Waals surface area (Å²) in [6.07, 6.45) is 0.826. The maximum atomic E-state index is 10.2. The van der Waals surface area contributed by atoms with Crippen molar-refractivity contribution in [3.8, 4) is 0 Å². The second-order valence-electron chi connectivity index (χ2n) is 6.06. The fraction of sp³-hybridized carbons (Fsp3) is 0.625. The number of aryl methyl sites for hydroxylation is 1. The Morgan fingerprint density at radius 2 is 1.94 bits per heavy atom. The average Bonchev–Trinajstić information content (AvgIpc) is 2.22. The van der Waals surface area contributed by atoms with Crippen LogP contribution in [0.1, 0.15) is 43.9 Å². The van der Waals surface area contributed by atoms with E-state index in [0.29, 0.717) is 12.5 Å². The predicted molar refractivity (Wildman–Crippen MR) is 77.7 cm³/mol. The van der Waals surface area contributed by atoms with Crippen molar-refractivity contribution >= 4 is 0 Å². The SMILES string of the molecule is Cc1cccc(CNCC(C)(O)CC(C)C)c1C. The molecular formula is C16H27NO. The van der Waals surface area contributed by atoms with E-state index in [1.54, 1.807) is 0 Å². The van der Waals surface area contributed by atoms with Crippen LogP contribution in [0, 0.1) is 19.8 Å². The number of nitrogens with one attached hydrogen (secondary N) is 1. The number of hydrogen-bond acceptors (Lipinski definition) is 2. The Balaban J connectivity index is 2.49. The summed E-state index contributed by atoms with van der Waals surface area (Å²) in [5, 5.41) is 13.6. The maximum Gasteiger partial charge on any atom is 0.0746 e. The summed E-state index contributed by atoms with van der Waals surface area (Å²) in [4.78, 5) is 0. The van der Waals surface area contributed by atoms with Gasteiger partial charge in [-0.25, -0.2) is 0 Å². The standard InChI is InChI=1S/C16H27NO/c1-12(2)9-16(5,18)11-17-10-15-8-6-7-13(3)14(15)4/h6-8,12,17-18H,9-11H2,1-5H3. The van der Waals surface area contributed by atoms with Crippen molar-refractivity contribution in [3.63, 3.8) is 0 Å². The molecule has 18 heavy (non-hydrogen) atoms. The molecule has 2 nitrogen and oxygen atoms in total. The lowest BCUT2D eigenvalue weighted by atomic mass is 9.94. The largest absolute Gasteiger partial charge is 0.389 e. The molecule has 0 amide bonds. The topological polar surface area (TPSA) is 32.3 Å². The van der Waals surface area contributed by atoms with E-state index in [1.165, 1.54) is 16.7 Å². The molecule has 1 aromatic rings. The molecule has 0 saturated heterocycles. The Morgan fingerprint density at radius 3 is 2.56 bits per heavy atom. The van der Waals surface area contributed by atoms with E-state index in [9.17, 15) is 5.11 Å². The van der Waals surface area contributed by atoms with E-state index < -0.39 is 5.60 Å². The molecule has 0 bridgehead atoms.